The van der Waals surface area contributed by atoms with Gasteiger partial charge in [-0.3, -0.25) is 0 Å². The molecule has 2 rings (SSSR count). The van der Waals surface area contributed by atoms with E-state index >= 15 is 0 Å². The van der Waals surface area contributed by atoms with E-state index in [-0.39, 0.29) is 5.88 Å². The zero-order valence-electron chi connectivity index (χ0n) is 6.86. The third-order valence-corrected chi connectivity index (χ3v) is 1.66. The minimum Gasteiger partial charge on any atom is -0.492 e. The molecule has 2 heterocycles. The van der Waals surface area contributed by atoms with E-state index in [9.17, 15) is 5.11 Å². The fourth-order valence-corrected chi connectivity index (χ4v) is 1.10. The second-order valence-corrected chi connectivity index (χ2v) is 2.57. The molecule has 0 aliphatic carbocycles. The van der Waals surface area contributed by atoms with E-state index in [0.717, 1.165) is 5.82 Å². The van der Waals surface area contributed by atoms with E-state index in [4.69, 9.17) is 0 Å². The quantitative estimate of drug-likeness (QED) is 0.663. The molecule has 66 valence electrons. The van der Waals surface area contributed by atoms with Crippen molar-refractivity contribution in [3.63, 3.8) is 0 Å². The third kappa shape index (κ3) is 1.24. The monoisotopic (exact) mass is 176 g/mol. The standard InChI is InChI=1S/C8H8N4O/c1-2-3-5-11-6-7(12-5)9-4-10-8(6)13/h2,4H,1,3H2,(H2,9,10,11,12,13). The van der Waals surface area contributed by atoms with Crippen LogP contribution in [0.5, 0.6) is 5.88 Å². The minimum atomic E-state index is -0.0761. The topological polar surface area (TPSA) is 74.7 Å². The summed E-state index contributed by atoms with van der Waals surface area (Å²) >= 11 is 0. The summed E-state index contributed by atoms with van der Waals surface area (Å²) in [6.07, 6.45) is 3.62. The Hall–Kier alpha value is -1.91. The zero-order chi connectivity index (χ0) is 9.26. The fraction of sp³-hybridized carbons (Fsp3) is 0.125. The number of fused-ring (bicyclic) bond motifs is 1. The number of imidazole rings is 1. The van der Waals surface area contributed by atoms with Crippen LogP contribution in [0.3, 0.4) is 0 Å². The number of allylic oxidation sites excluding steroid dienone is 1. The van der Waals surface area contributed by atoms with Gasteiger partial charge in [0.1, 0.15) is 17.7 Å². The summed E-state index contributed by atoms with van der Waals surface area (Å²) in [5, 5.41) is 9.30. The number of H-pyrrole nitrogens is 1. The van der Waals surface area contributed by atoms with Gasteiger partial charge < -0.3 is 10.1 Å². The van der Waals surface area contributed by atoms with Gasteiger partial charge >= 0.3 is 0 Å². The summed E-state index contributed by atoms with van der Waals surface area (Å²) in [5.74, 6) is 0.647. The largest absolute Gasteiger partial charge is 0.492 e. The molecule has 0 atom stereocenters. The molecular weight excluding hydrogens is 168 g/mol. The number of rotatable bonds is 2. The van der Waals surface area contributed by atoms with Gasteiger partial charge in [-0.15, -0.1) is 6.58 Å². The lowest BCUT2D eigenvalue weighted by Gasteiger charge is -1.88. The van der Waals surface area contributed by atoms with Crippen LogP contribution in [-0.2, 0) is 6.42 Å². The van der Waals surface area contributed by atoms with Gasteiger partial charge in [-0.05, 0) is 0 Å². The Balaban J connectivity index is 2.61. The Bertz CT molecular complexity index is 448. The Morgan fingerprint density at radius 2 is 2.38 bits per heavy atom. The van der Waals surface area contributed by atoms with E-state index in [1.165, 1.54) is 6.33 Å². The fourth-order valence-electron chi connectivity index (χ4n) is 1.10. The third-order valence-electron chi connectivity index (χ3n) is 1.66. The smallest absolute Gasteiger partial charge is 0.240 e. The molecular formula is C8H8N4O. The summed E-state index contributed by atoms with van der Waals surface area (Å²) in [5.41, 5.74) is 0.948. The normalized spacial score (nSPS) is 10.5. The molecule has 2 aromatic rings. The maximum atomic E-state index is 9.30. The van der Waals surface area contributed by atoms with Crippen LogP contribution < -0.4 is 0 Å². The number of aromatic nitrogens is 4. The molecule has 0 bridgehead atoms. The van der Waals surface area contributed by atoms with Gasteiger partial charge in [0.2, 0.25) is 5.88 Å². The first-order valence-electron chi connectivity index (χ1n) is 3.80. The van der Waals surface area contributed by atoms with Gasteiger partial charge in [0.15, 0.2) is 5.65 Å². The van der Waals surface area contributed by atoms with Crippen molar-refractivity contribution in [2.24, 2.45) is 0 Å². The summed E-state index contributed by atoms with van der Waals surface area (Å²) in [7, 11) is 0. The molecule has 0 saturated carbocycles. The van der Waals surface area contributed by atoms with E-state index in [0.29, 0.717) is 17.6 Å². The number of aromatic hydroxyl groups is 1. The predicted octanol–water partition coefficient (Wildman–Crippen LogP) is 0.787. The number of hydrogen-bond acceptors (Lipinski definition) is 4. The summed E-state index contributed by atoms with van der Waals surface area (Å²) < 4.78 is 0. The molecule has 0 aromatic carbocycles. The van der Waals surface area contributed by atoms with Crippen molar-refractivity contribution in [2.75, 3.05) is 0 Å². The molecule has 0 spiro atoms. The van der Waals surface area contributed by atoms with Crippen molar-refractivity contribution in [1.82, 2.24) is 19.9 Å². The van der Waals surface area contributed by atoms with Gasteiger partial charge in [-0.25, -0.2) is 9.97 Å². The highest BCUT2D eigenvalue weighted by molar-refractivity contribution is 5.75. The van der Waals surface area contributed by atoms with Crippen LogP contribution in [0.4, 0.5) is 0 Å². The van der Waals surface area contributed by atoms with Crippen LogP contribution in [0.1, 0.15) is 5.82 Å². The van der Waals surface area contributed by atoms with Crippen molar-refractivity contribution in [3.8, 4) is 5.88 Å². The van der Waals surface area contributed by atoms with Crippen LogP contribution in [0.15, 0.2) is 19.0 Å². The number of nitrogens with one attached hydrogen (secondary N) is 1. The Morgan fingerprint density at radius 1 is 1.54 bits per heavy atom. The molecule has 5 heteroatoms. The lowest BCUT2D eigenvalue weighted by atomic mass is 10.4. The first-order chi connectivity index (χ1) is 6.31. The van der Waals surface area contributed by atoms with E-state index in [1.807, 2.05) is 0 Å². The molecule has 2 aromatic heterocycles. The molecule has 0 amide bonds. The zero-order valence-corrected chi connectivity index (χ0v) is 6.86. The highest BCUT2D eigenvalue weighted by Gasteiger charge is 2.06. The molecule has 0 radical (unpaired) electrons. The summed E-state index contributed by atoms with van der Waals surface area (Å²) in [4.78, 5) is 14.6. The highest BCUT2D eigenvalue weighted by atomic mass is 16.3. The lowest BCUT2D eigenvalue weighted by molar-refractivity contribution is 0.458. The highest BCUT2D eigenvalue weighted by Crippen LogP contribution is 2.16. The second kappa shape index (κ2) is 2.85. The van der Waals surface area contributed by atoms with Gasteiger partial charge in [-0.2, -0.15) is 4.98 Å². The second-order valence-electron chi connectivity index (χ2n) is 2.57. The molecule has 2 N–H and O–H groups in total. The van der Waals surface area contributed by atoms with Crippen LogP contribution in [-0.4, -0.2) is 25.0 Å². The molecule has 0 aliphatic heterocycles. The molecule has 0 unspecified atom stereocenters. The predicted molar refractivity (Wildman–Crippen MR) is 47.2 cm³/mol. The van der Waals surface area contributed by atoms with Crippen LogP contribution in [0, 0.1) is 0 Å². The Morgan fingerprint density at radius 3 is 3.08 bits per heavy atom. The number of hydrogen-bond donors (Lipinski definition) is 2. The van der Waals surface area contributed by atoms with E-state index in [2.05, 4.69) is 26.5 Å². The summed E-state index contributed by atoms with van der Waals surface area (Å²) in [6.45, 7) is 3.59. The minimum absolute atomic E-state index is 0.0761. The Kier molecular flexibility index (Phi) is 1.70. The maximum absolute atomic E-state index is 9.30. The van der Waals surface area contributed by atoms with Gasteiger partial charge in [0, 0.05) is 6.42 Å². The average molecular weight is 176 g/mol. The van der Waals surface area contributed by atoms with Crippen LogP contribution >= 0.6 is 0 Å². The van der Waals surface area contributed by atoms with Gasteiger partial charge in [0.25, 0.3) is 0 Å². The molecule has 0 aliphatic rings. The lowest BCUT2D eigenvalue weighted by Crippen LogP contribution is -1.81. The first kappa shape index (κ1) is 7.72. The van der Waals surface area contributed by atoms with Crippen molar-refractivity contribution in [1.29, 1.82) is 0 Å². The number of aromatic amines is 1. The van der Waals surface area contributed by atoms with Crippen LogP contribution in [0.25, 0.3) is 11.2 Å². The average Bonchev–Trinajstić information content (AvgIpc) is 2.49. The molecule has 0 saturated heterocycles. The Labute approximate surface area is 74.2 Å². The van der Waals surface area contributed by atoms with Crippen molar-refractivity contribution >= 4 is 11.2 Å². The van der Waals surface area contributed by atoms with E-state index < -0.39 is 0 Å². The number of nitrogens with zero attached hydrogens (tertiary/aromatic N) is 3. The van der Waals surface area contributed by atoms with E-state index in [1.54, 1.807) is 6.08 Å². The van der Waals surface area contributed by atoms with Crippen molar-refractivity contribution in [3.05, 3.63) is 24.8 Å². The molecule has 5 nitrogen and oxygen atoms in total. The molecule has 0 fully saturated rings. The van der Waals surface area contributed by atoms with Gasteiger partial charge in [0.05, 0.1) is 0 Å². The van der Waals surface area contributed by atoms with Gasteiger partial charge in [-0.1, -0.05) is 6.08 Å². The SMILES string of the molecule is C=CCc1nc2ncnc(O)c2[nH]1. The summed E-state index contributed by atoms with van der Waals surface area (Å²) in [6, 6.07) is 0. The first-order valence-corrected chi connectivity index (χ1v) is 3.80. The van der Waals surface area contributed by atoms with Crippen molar-refractivity contribution in [2.45, 2.75) is 6.42 Å². The maximum Gasteiger partial charge on any atom is 0.240 e. The van der Waals surface area contributed by atoms with Crippen LogP contribution in [0.2, 0.25) is 0 Å². The van der Waals surface area contributed by atoms with Crippen molar-refractivity contribution < 1.29 is 5.11 Å². The molecule has 13 heavy (non-hydrogen) atoms.